The van der Waals surface area contributed by atoms with E-state index in [2.05, 4.69) is 20.3 Å². The van der Waals surface area contributed by atoms with Crippen molar-refractivity contribution in [3.05, 3.63) is 52.6 Å². The molecule has 1 amide bonds. The number of carbonyl (C=O) groups excluding carboxylic acids is 1. The van der Waals surface area contributed by atoms with Crippen molar-refractivity contribution >= 4 is 22.8 Å². The summed E-state index contributed by atoms with van der Waals surface area (Å²) >= 11 is 0. The highest BCUT2D eigenvalue weighted by Gasteiger charge is 2.41. The van der Waals surface area contributed by atoms with Gasteiger partial charge in [0.15, 0.2) is 5.65 Å². The molecule has 2 aromatic heterocycles. The van der Waals surface area contributed by atoms with Crippen molar-refractivity contribution in [3.63, 3.8) is 0 Å². The number of aliphatic hydroxyl groups is 1. The van der Waals surface area contributed by atoms with Gasteiger partial charge in [-0.1, -0.05) is 18.2 Å². The number of amides is 1. The van der Waals surface area contributed by atoms with Crippen LogP contribution in [0, 0.1) is 18.7 Å². The van der Waals surface area contributed by atoms with Gasteiger partial charge in [-0.05, 0) is 45.6 Å². The number of aromatic nitrogens is 3. The average Bonchev–Trinajstić information content (AvgIpc) is 3.73. The second-order valence-electron chi connectivity index (χ2n) is 10.1. The summed E-state index contributed by atoms with van der Waals surface area (Å²) in [6.45, 7) is 4.16. The number of methoxy groups -OCH3 is 1. The Morgan fingerprint density at radius 1 is 1.18 bits per heavy atom. The Hall–Kier alpha value is -3.47. The highest BCUT2D eigenvalue weighted by atomic mass is 19.3. The topological polar surface area (TPSA) is 100 Å². The van der Waals surface area contributed by atoms with Gasteiger partial charge in [-0.15, -0.1) is 0 Å². The number of piperidine rings is 1. The van der Waals surface area contributed by atoms with Crippen LogP contribution in [0.25, 0.3) is 11.0 Å². The van der Waals surface area contributed by atoms with Gasteiger partial charge in [0.2, 0.25) is 11.8 Å². The number of benzene rings is 1. The Bertz CT molecular complexity index is 1370. The van der Waals surface area contributed by atoms with Crippen molar-refractivity contribution in [2.75, 3.05) is 25.5 Å². The molecule has 0 radical (unpaired) electrons. The molecule has 5 rings (SSSR count). The molecule has 1 atom stereocenters. The predicted molar refractivity (Wildman–Crippen MR) is 134 cm³/mol. The van der Waals surface area contributed by atoms with Gasteiger partial charge in [-0.2, -0.15) is 4.98 Å². The van der Waals surface area contributed by atoms with Crippen LogP contribution in [0.3, 0.4) is 0 Å². The highest BCUT2D eigenvalue weighted by molar-refractivity contribution is 5.88. The summed E-state index contributed by atoms with van der Waals surface area (Å²) in [5.41, 5.74) is -1.14. The highest BCUT2D eigenvalue weighted by Crippen LogP contribution is 2.41. The summed E-state index contributed by atoms with van der Waals surface area (Å²) in [6, 6.07) is 4.90. The molecule has 11 heteroatoms. The smallest absolute Gasteiger partial charge is 0.266 e. The van der Waals surface area contributed by atoms with E-state index in [1.807, 2.05) is 0 Å². The van der Waals surface area contributed by atoms with E-state index < -0.39 is 29.4 Å². The Labute approximate surface area is 218 Å². The quantitative estimate of drug-likeness (QED) is 0.453. The summed E-state index contributed by atoms with van der Waals surface area (Å²) in [6.07, 6.45) is -0.466. The number of aryl methyl sites for hydroxylation is 1. The number of nitrogens with zero attached hydrogens (tertiary/aromatic N) is 4. The second-order valence-corrected chi connectivity index (χ2v) is 10.1. The van der Waals surface area contributed by atoms with E-state index in [1.54, 1.807) is 24.8 Å². The third-order valence-electron chi connectivity index (χ3n) is 7.40. The van der Waals surface area contributed by atoms with Crippen molar-refractivity contribution < 1.29 is 27.8 Å². The van der Waals surface area contributed by atoms with Gasteiger partial charge < -0.3 is 20.1 Å². The molecule has 2 fully saturated rings. The molecule has 1 saturated carbocycles. The molecule has 2 aliphatic rings. The van der Waals surface area contributed by atoms with Gasteiger partial charge in [0, 0.05) is 30.1 Å². The molecule has 8 nitrogen and oxygen atoms in total. The molecule has 0 bridgehead atoms. The van der Waals surface area contributed by atoms with Crippen LogP contribution in [0.2, 0.25) is 0 Å². The van der Waals surface area contributed by atoms with Gasteiger partial charge in [-0.3, -0.25) is 4.79 Å². The standard InChI is InChI=1S/C27H30F3N5O3/c1-14(17-5-4-6-18(21(17)28)22(29)30)31-23-19-13-20(25(38-3)34-24(19)33-15(2)32-23)27(37)9-11-35(12-10-27)26(36)16-7-8-16/h4-6,13-14,16,22,37H,7-12H2,1-3H3,(H,31,32,33,34)/t14-/m1/s1. The average molecular weight is 530 g/mol. The molecular formula is C27H30F3N5O3. The van der Waals surface area contributed by atoms with Gasteiger partial charge in [0.05, 0.1) is 29.7 Å². The number of nitrogens with one attached hydrogen (secondary N) is 1. The fourth-order valence-corrected chi connectivity index (χ4v) is 5.06. The lowest BCUT2D eigenvalue weighted by molar-refractivity contribution is -0.137. The van der Waals surface area contributed by atoms with Crippen molar-refractivity contribution in [2.45, 2.75) is 57.6 Å². The minimum Gasteiger partial charge on any atom is -0.481 e. The maximum Gasteiger partial charge on any atom is 0.266 e. The number of likely N-dealkylation sites (tertiary alicyclic amines) is 1. The van der Waals surface area contributed by atoms with E-state index in [-0.39, 0.29) is 23.3 Å². The van der Waals surface area contributed by atoms with Gasteiger partial charge in [0.1, 0.15) is 17.5 Å². The Balaban J connectivity index is 1.49. The number of halogens is 3. The van der Waals surface area contributed by atoms with Crippen molar-refractivity contribution in [2.24, 2.45) is 5.92 Å². The van der Waals surface area contributed by atoms with E-state index in [9.17, 15) is 23.1 Å². The monoisotopic (exact) mass is 529 g/mol. The fourth-order valence-electron chi connectivity index (χ4n) is 5.06. The number of carbonyl (C=O) groups is 1. The van der Waals surface area contributed by atoms with Gasteiger partial charge in [0.25, 0.3) is 6.43 Å². The van der Waals surface area contributed by atoms with Crippen LogP contribution in [0.5, 0.6) is 5.88 Å². The summed E-state index contributed by atoms with van der Waals surface area (Å²) in [5, 5.41) is 15.2. The molecule has 3 aromatic rings. The Morgan fingerprint density at radius 3 is 2.50 bits per heavy atom. The van der Waals surface area contributed by atoms with Crippen LogP contribution in [0.1, 0.15) is 67.6 Å². The number of anilines is 1. The van der Waals surface area contributed by atoms with E-state index in [0.29, 0.717) is 54.2 Å². The van der Waals surface area contributed by atoms with Crippen LogP contribution in [0.4, 0.5) is 19.0 Å². The molecule has 3 heterocycles. The minimum atomic E-state index is -2.93. The molecular weight excluding hydrogens is 499 g/mol. The van der Waals surface area contributed by atoms with Crippen LogP contribution in [-0.4, -0.2) is 51.1 Å². The lowest BCUT2D eigenvalue weighted by Gasteiger charge is -2.39. The number of hydrogen-bond donors (Lipinski definition) is 2. The normalized spacial score (nSPS) is 18.1. The first-order valence-electron chi connectivity index (χ1n) is 12.7. The largest absolute Gasteiger partial charge is 0.481 e. The molecule has 1 aliphatic heterocycles. The molecule has 38 heavy (non-hydrogen) atoms. The van der Waals surface area contributed by atoms with Crippen molar-refractivity contribution in [1.82, 2.24) is 19.9 Å². The van der Waals surface area contributed by atoms with Crippen molar-refractivity contribution in [1.29, 1.82) is 0 Å². The van der Waals surface area contributed by atoms with Crippen LogP contribution in [0.15, 0.2) is 24.3 Å². The zero-order chi connectivity index (χ0) is 27.2. The molecule has 1 aliphatic carbocycles. The zero-order valence-electron chi connectivity index (χ0n) is 21.5. The third kappa shape index (κ3) is 4.87. The Morgan fingerprint density at radius 2 is 1.87 bits per heavy atom. The van der Waals surface area contributed by atoms with Crippen LogP contribution < -0.4 is 10.1 Å². The first-order chi connectivity index (χ1) is 18.1. The summed E-state index contributed by atoms with van der Waals surface area (Å²) in [4.78, 5) is 27.7. The zero-order valence-corrected chi connectivity index (χ0v) is 21.5. The summed E-state index contributed by atoms with van der Waals surface area (Å²) in [7, 11) is 1.46. The maximum absolute atomic E-state index is 14.8. The first-order valence-corrected chi connectivity index (χ1v) is 12.7. The second kappa shape index (κ2) is 10.0. The third-order valence-corrected chi connectivity index (χ3v) is 7.40. The maximum atomic E-state index is 14.8. The van der Waals surface area contributed by atoms with E-state index in [1.165, 1.54) is 19.2 Å². The SMILES string of the molecule is COc1nc2nc(C)nc(N[C@H](C)c3cccc(C(F)F)c3F)c2cc1C1(O)CCN(C(=O)C2CC2)CC1. The number of alkyl halides is 2. The fraction of sp³-hybridized carbons (Fsp3) is 0.481. The molecule has 202 valence electrons. The van der Waals surface area contributed by atoms with E-state index in [0.717, 1.165) is 18.9 Å². The number of fused-ring (bicyclic) bond motifs is 1. The summed E-state index contributed by atoms with van der Waals surface area (Å²) in [5.74, 6) is 0.211. The lowest BCUT2D eigenvalue weighted by Crippen LogP contribution is -2.45. The predicted octanol–water partition coefficient (Wildman–Crippen LogP) is 4.81. The van der Waals surface area contributed by atoms with E-state index >= 15 is 0 Å². The number of pyridine rings is 1. The first kappa shape index (κ1) is 26.1. The summed E-state index contributed by atoms with van der Waals surface area (Å²) < 4.78 is 46.9. The molecule has 2 N–H and O–H groups in total. The Kier molecular flexibility index (Phi) is 6.89. The number of ether oxygens (including phenoxy) is 1. The van der Waals surface area contributed by atoms with Gasteiger partial charge >= 0.3 is 0 Å². The molecule has 1 aromatic carbocycles. The minimum absolute atomic E-state index is 0.0697. The lowest BCUT2D eigenvalue weighted by atomic mass is 9.84. The molecule has 0 spiro atoms. The number of hydrogen-bond acceptors (Lipinski definition) is 7. The van der Waals surface area contributed by atoms with Crippen molar-refractivity contribution in [3.8, 4) is 5.88 Å². The number of rotatable bonds is 7. The van der Waals surface area contributed by atoms with Crippen LogP contribution in [-0.2, 0) is 10.4 Å². The van der Waals surface area contributed by atoms with Crippen LogP contribution >= 0.6 is 0 Å². The molecule has 0 unspecified atom stereocenters. The van der Waals surface area contributed by atoms with Gasteiger partial charge in [-0.25, -0.2) is 23.1 Å². The van der Waals surface area contributed by atoms with E-state index in [4.69, 9.17) is 4.74 Å². The molecule has 1 saturated heterocycles.